The topological polar surface area (TPSA) is 72.6 Å². The second kappa shape index (κ2) is 5.72. The molecule has 2 rings (SSSR count). The lowest BCUT2D eigenvalue weighted by Gasteiger charge is -2.26. The number of sulfonamides is 1. The second-order valence-electron chi connectivity index (χ2n) is 4.45. The van der Waals surface area contributed by atoms with Crippen LogP contribution in [0, 0.1) is 0 Å². The van der Waals surface area contributed by atoms with E-state index in [0.29, 0.717) is 13.2 Å². The summed E-state index contributed by atoms with van der Waals surface area (Å²) in [6, 6.07) is 4.76. The maximum absolute atomic E-state index is 13.5. The Labute approximate surface area is 116 Å². The van der Waals surface area contributed by atoms with Crippen molar-refractivity contribution in [3.05, 3.63) is 29.8 Å². The number of hydrogen-bond acceptors (Lipinski definition) is 4. The number of alkyl halides is 2. The molecule has 20 heavy (non-hydrogen) atoms. The third-order valence-corrected chi connectivity index (χ3v) is 5.02. The first-order valence-corrected chi connectivity index (χ1v) is 7.58. The summed E-state index contributed by atoms with van der Waals surface area (Å²) in [4.78, 5) is -0.148. The number of rotatable bonds is 4. The molecular weight excluding hydrogens is 290 g/mol. The van der Waals surface area contributed by atoms with E-state index in [9.17, 15) is 17.2 Å². The van der Waals surface area contributed by atoms with E-state index >= 15 is 0 Å². The van der Waals surface area contributed by atoms with Gasteiger partial charge in [0.05, 0.1) is 24.7 Å². The van der Waals surface area contributed by atoms with Crippen molar-refractivity contribution in [1.82, 2.24) is 4.31 Å². The molecule has 0 bridgehead atoms. The molecule has 2 N–H and O–H groups in total. The number of nitrogens with two attached hydrogens (primary N) is 1. The summed E-state index contributed by atoms with van der Waals surface area (Å²) in [6.07, 6.45) is 0. The fourth-order valence-electron chi connectivity index (χ4n) is 1.94. The van der Waals surface area contributed by atoms with E-state index in [1.165, 1.54) is 22.5 Å². The van der Waals surface area contributed by atoms with Gasteiger partial charge in [-0.15, -0.1) is 0 Å². The molecule has 1 aliphatic heterocycles. The molecule has 0 aromatic heterocycles. The Morgan fingerprint density at radius 2 is 1.95 bits per heavy atom. The summed E-state index contributed by atoms with van der Waals surface area (Å²) in [5, 5.41) is 0. The summed E-state index contributed by atoms with van der Waals surface area (Å²) in [6.45, 7) is 0.184. The van der Waals surface area contributed by atoms with E-state index in [-0.39, 0.29) is 18.0 Å². The highest BCUT2D eigenvalue weighted by molar-refractivity contribution is 7.89. The molecule has 0 saturated carbocycles. The highest BCUT2D eigenvalue weighted by Gasteiger charge is 2.32. The molecule has 112 valence electrons. The van der Waals surface area contributed by atoms with Crippen molar-refractivity contribution in [3.8, 4) is 0 Å². The van der Waals surface area contributed by atoms with Gasteiger partial charge in [-0.25, -0.2) is 8.42 Å². The maximum Gasteiger partial charge on any atom is 0.285 e. The Kier molecular flexibility index (Phi) is 4.38. The van der Waals surface area contributed by atoms with E-state index in [2.05, 4.69) is 0 Å². The molecular formula is C12H16F2N2O3S. The van der Waals surface area contributed by atoms with Crippen molar-refractivity contribution in [2.24, 2.45) is 5.73 Å². The quantitative estimate of drug-likeness (QED) is 0.891. The van der Waals surface area contributed by atoms with Gasteiger partial charge < -0.3 is 10.5 Å². The Bertz CT molecular complexity index is 572. The average Bonchev–Trinajstić information content (AvgIpc) is 2.48. The van der Waals surface area contributed by atoms with Crippen molar-refractivity contribution in [1.29, 1.82) is 0 Å². The molecule has 0 aliphatic carbocycles. The van der Waals surface area contributed by atoms with Crippen molar-refractivity contribution in [3.63, 3.8) is 0 Å². The first-order chi connectivity index (χ1) is 9.38. The van der Waals surface area contributed by atoms with E-state index < -0.39 is 28.1 Å². The maximum atomic E-state index is 13.5. The van der Waals surface area contributed by atoms with Gasteiger partial charge in [-0.2, -0.15) is 13.1 Å². The Hall–Kier alpha value is -1.09. The van der Waals surface area contributed by atoms with Crippen LogP contribution in [0.3, 0.4) is 0 Å². The predicted molar refractivity (Wildman–Crippen MR) is 69.0 cm³/mol. The lowest BCUT2D eigenvalue weighted by Crippen LogP contribution is -2.40. The van der Waals surface area contributed by atoms with E-state index in [0.717, 1.165) is 6.07 Å². The van der Waals surface area contributed by atoms with Crippen LogP contribution in [0.5, 0.6) is 0 Å². The molecule has 0 atom stereocenters. The van der Waals surface area contributed by atoms with Gasteiger partial charge >= 0.3 is 0 Å². The molecule has 8 heteroatoms. The van der Waals surface area contributed by atoms with Crippen LogP contribution in [0.25, 0.3) is 0 Å². The van der Waals surface area contributed by atoms with Crippen LogP contribution in [0.15, 0.2) is 29.2 Å². The minimum absolute atomic E-state index is 0.148. The van der Waals surface area contributed by atoms with E-state index in [1.54, 1.807) is 0 Å². The zero-order valence-corrected chi connectivity index (χ0v) is 11.6. The largest absolute Gasteiger partial charge is 0.379 e. The Morgan fingerprint density at radius 3 is 2.55 bits per heavy atom. The van der Waals surface area contributed by atoms with Crippen LogP contribution in [0.4, 0.5) is 8.78 Å². The van der Waals surface area contributed by atoms with Crippen molar-refractivity contribution in [2.45, 2.75) is 10.8 Å². The second-order valence-corrected chi connectivity index (χ2v) is 6.39. The van der Waals surface area contributed by atoms with Gasteiger partial charge in [0.1, 0.15) is 0 Å². The van der Waals surface area contributed by atoms with Crippen LogP contribution in [-0.4, -0.2) is 45.6 Å². The number of halogens is 2. The highest BCUT2D eigenvalue weighted by atomic mass is 32.2. The van der Waals surface area contributed by atoms with Gasteiger partial charge in [0.25, 0.3) is 5.92 Å². The van der Waals surface area contributed by atoms with E-state index in [4.69, 9.17) is 10.5 Å². The minimum Gasteiger partial charge on any atom is -0.379 e. The van der Waals surface area contributed by atoms with Gasteiger partial charge in [0, 0.05) is 18.7 Å². The molecule has 0 radical (unpaired) electrons. The normalized spacial score (nSPS) is 18.1. The first-order valence-electron chi connectivity index (χ1n) is 6.14. The number of benzene rings is 1. The number of ether oxygens (including phenoxy) is 1. The van der Waals surface area contributed by atoms with Crippen LogP contribution in [-0.2, 0) is 20.7 Å². The molecule has 1 aromatic rings. The van der Waals surface area contributed by atoms with Gasteiger partial charge in [-0.1, -0.05) is 12.1 Å². The highest BCUT2D eigenvalue weighted by Crippen LogP contribution is 2.29. The van der Waals surface area contributed by atoms with Crippen LogP contribution >= 0.6 is 0 Å². The summed E-state index contributed by atoms with van der Waals surface area (Å²) in [5.74, 6) is -3.24. The Morgan fingerprint density at radius 1 is 1.30 bits per heavy atom. The van der Waals surface area contributed by atoms with Gasteiger partial charge in [-0.05, 0) is 12.1 Å². The molecule has 1 aliphatic rings. The summed E-state index contributed by atoms with van der Waals surface area (Å²) in [5.41, 5.74) is 4.62. The zero-order valence-electron chi connectivity index (χ0n) is 10.8. The summed E-state index contributed by atoms with van der Waals surface area (Å²) < 4.78 is 58.1. The van der Waals surface area contributed by atoms with E-state index in [1.807, 2.05) is 0 Å². The standard InChI is InChI=1S/C12H16F2N2O3S/c13-12(14,9-15)10-2-1-3-11(8-10)20(17,18)16-4-6-19-7-5-16/h1-3,8H,4-7,9,15H2. The van der Waals surface area contributed by atoms with Gasteiger partial charge in [0.15, 0.2) is 0 Å². The lowest BCUT2D eigenvalue weighted by molar-refractivity contribution is 0.00572. The monoisotopic (exact) mass is 306 g/mol. The molecule has 1 fully saturated rings. The van der Waals surface area contributed by atoms with Crippen molar-refractivity contribution in [2.75, 3.05) is 32.8 Å². The third kappa shape index (κ3) is 2.98. The molecule has 0 unspecified atom stereocenters. The lowest BCUT2D eigenvalue weighted by atomic mass is 10.1. The fourth-order valence-corrected chi connectivity index (χ4v) is 3.39. The average molecular weight is 306 g/mol. The minimum atomic E-state index is -3.77. The fraction of sp³-hybridized carbons (Fsp3) is 0.500. The van der Waals surface area contributed by atoms with Crippen molar-refractivity contribution >= 4 is 10.0 Å². The van der Waals surface area contributed by atoms with Crippen molar-refractivity contribution < 1.29 is 21.9 Å². The van der Waals surface area contributed by atoms with Crippen LogP contribution in [0.2, 0.25) is 0 Å². The number of nitrogens with zero attached hydrogens (tertiary/aromatic N) is 1. The zero-order chi connectivity index (χ0) is 14.8. The summed E-state index contributed by atoms with van der Waals surface area (Å²) >= 11 is 0. The van der Waals surface area contributed by atoms with Gasteiger partial charge in [0.2, 0.25) is 10.0 Å². The van der Waals surface area contributed by atoms with Crippen LogP contribution in [0.1, 0.15) is 5.56 Å². The van der Waals surface area contributed by atoms with Crippen LogP contribution < -0.4 is 5.73 Å². The molecule has 1 saturated heterocycles. The van der Waals surface area contributed by atoms with Gasteiger partial charge in [-0.3, -0.25) is 0 Å². The smallest absolute Gasteiger partial charge is 0.285 e. The first kappa shape index (κ1) is 15.3. The number of morpholine rings is 1. The molecule has 1 aromatic carbocycles. The summed E-state index contributed by atoms with van der Waals surface area (Å²) in [7, 11) is -3.77. The molecule has 5 nitrogen and oxygen atoms in total. The predicted octanol–water partition coefficient (Wildman–Crippen LogP) is 0.758. The molecule has 0 spiro atoms. The number of hydrogen-bond donors (Lipinski definition) is 1. The Balaban J connectivity index is 2.35. The SMILES string of the molecule is NCC(F)(F)c1cccc(S(=O)(=O)N2CCOCC2)c1. The molecule has 0 amide bonds. The molecule has 1 heterocycles. The third-order valence-electron chi connectivity index (χ3n) is 3.12.